The van der Waals surface area contributed by atoms with Crippen molar-refractivity contribution in [3.8, 4) is 11.2 Å². The quantitative estimate of drug-likeness (QED) is 0.656. The highest BCUT2D eigenvalue weighted by atomic mass is 32.1. The highest BCUT2D eigenvalue weighted by Crippen LogP contribution is 2.11. The van der Waals surface area contributed by atoms with Gasteiger partial charge in [-0.15, -0.1) is 0 Å². The Kier molecular flexibility index (Phi) is 1.61. The predicted molar refractivity (Wildman–Crippen MR) is 44.0 cm³/mol. The van der Waals surface area contributed by atoms with E-state index in [1.54, 1.807) is 22.9 Å². The van der Waals surface area contributed by atoms with Crippen molar-refractivity contribution in [2.45, 2.75) is 0 Å². The van der Waals surface area contributed by atoms with Crippen molar-refractivity contribution < 1.29 is 0 Å². The molecule has 2 heterocycles. The summed E-state index contributed by atoms with van der Waals surface area (Å²) < 4.78 is 5.56. The summed E-state index contributed by atoms with van der Waals surface area (Å²) in [6.07, 6.45) is 3.26. The van der Waals surface area contributed by atoms with E-state index in [1.165, 1.54) is 17.9 Å². The number of nitrogens with zero attached hydrogens (tertiary/aromatic N) is 4. The Hall–Kier alpha value is -1.67. The van der Waals surface area contributed by atoms with Gasteiger partial charge < -0.3 is 0 Å². The first-order chi connectivity index (χ1) is 5.92. The molecule has 58 valence electrons. The third-order valence-electron chi connectivity index (χ3n) is 1.42. The third-order valence-corrected chi connectivity index (χ3v) is 2.08. The summed E-state index contributed by atoms with van der Waals surface area (Å²) in [7, 11) is 0. The first-order valence-electron chi connectivity index (χ1n) is 3.26. The molecular weight excluding hydrogens is 172 g/mol. The summed E-state index contributed by atoms with van der Waals surface area (Å²) in [5.74, 6) is 0. The fourth-order valence-corrected chi connectivity index (χ4v) is 1.44. The lowest BCUT2D eigenvalue weighted by Gasteiger charge is -1.95. The molecule has 0 radical (unpaired) electrons. The van der Waals surface area contributed by atoms with Crippen LogP contribution < -0.4 is 0 Å². The molecule has 0 saturated heterocycles. The fourth-order valence-electron chi connectivity index (χ4n) is 0.912. The van der Waals surface area contributed by atoms with Crippen LogP contribution in [-0.2, 0) is 0 Å². The van der Waals surface area contributed by atoms with Crippen LogP contribution in [0.25, 0.3) is 5.13 Å². The molecule has 0 amide bonds. The van der Waals surface area contributed by atoms with Crippen LogP contribution in [-0.4, -0.2) is 13.9 Å². The van der Waals surface area contributed by atoms with Gasteiger partial charge in [-0.3, -0.25) is 4.57 Å². The van der Waals surface area contributed by atoms with Crippen LogP contribution >= 0.6 is 11.5 Å². The molecule has 2 rings (SSSR count). The van der Waals surface area contributed by atoms with Crippen LogP contribution in [0.15, 0.2) is 24.7 Å². The van der Waals surface area contributed by atoms with Crippen LogP contribution in [0.3, 0.4) is 0 Å². The predicted octanol–water partition coefficient (Wildman–Crippen LogP) is 1.20. The van der Waals surface area contributed by atoms with Gasteiger partial charge in [0.2, 0.25) is 5.13 Å². The summed E-state index contributed by atoms with van der Waals surface area (Å²) in [5, 5.41) is 9.41. The molecule has 0 fully saturated rings. The molecule has 0 aliphatic carbocycles. The molecule has 12 heavy (non-hydrogen) atoms. The van der Waals surface area contributed by atoms with Crippen LogP contribution in [0.2, 0.25) is 0 Å². The molecular formula is C7H4N4S. The minimum absolute atomic E-state index is 0.576. The van der Waals surface area contributed by atoms with Crippen molar-refractivity contribution in [3.63, 3.8) is 0 Å². The lowest BCUT2D eigenvalue weighted by atomic mass is 10.5. The Morgan fingerprint density at radius 2 is 2.50 bits per heavy atom. The van der Waals surface area contributed by atoms with Gasteiger partial charge in [0.05, 0.1) is 0 Å². The van der Waals surface area contributed by atoms with Gasteiger partial charge >= 0.3 is 0 Å². The summed E-state index contributed by atoms with van der Waals surface area (Å²) in [4.78, 5) is 3.99. The lowest BCUT2D eigenvalue weighted by Crippen LogP contribution is -1.93. The van der Waals surface area contributed by atoms with Crippen LogP contribution in [0, 0.1) is 11.3 Å². The lowest BCUT2D eigenvalue weighted by molar-refractivity contribution is 1.02. The summed E-state index contributed by atoms with van der Waals surface area (Å²) in [6, 6.07) is 5.61. The van der Waals surface area contributed by atoms with Gasteiger partial charge in [-0.25, -0.2) is 4.98 Å². The summed E-state index contributed by atoms with van der Waals surface area (Å²) >= 11 is 1.26. The first kappa shape index (κ1) is 7.00. The maximum Gasteiger partial charge on any atom is 0.214 e. The third kappa shape index (κ3) is 0.984. The van der Waals surface area contributed by atoms with Crippen molar-refractivity contribution in [1.29, 1.82) is 5.26 Å². The van der Waals surface area contributed by atoms with Crippen molar-refractivity contribution in [2.24, 2.45) is 0 Å². The average Bonchev–Trinajstić information content (AvgIpc) is 2.74. The highest BCUT2D eigenvalue weighted by molar-refractivity contribution is 7.07. The standard InChI is InChI=1S/C7H4N4S/c8-4-6-2-1-3-11(6)7-9-5-10-12-7/h1-3,5H. The van der Waals surface area contributed by atoms with Gasteiger partial charge in [0.25, 0.3) is 0 Å². The number of hydrogen-bond donors (Lipinski definition) is 0. The van der Waals surface area contributed by atoms with Gasteiger partial charge in [-0.1, -0.05) is 0 Å². The van der Waals surface area contributed by atoms with E-state index in [2.05, 4.69) is 15.4 Å². The van der Waals surface area contributed by atoms with Gasteiger partial charge in [-0.05, 0) is 12.1 Å². The minimum Gasteiger partial charge on any atom is -0.283 e. The Morgan fingerprint density at radius 1 is 1.58 bits per heavy atom. The molecule has 2 aromatic rings. The number of hydrogen-bond acceptors (Lipinski definition) is 4. The van der Waals surface area contributed by atoms with Crippen molar-refractivity contribution >= 4 is 11.5 Å². The monoisotopic (exact) mass is 176 g/mol. The normalized spacial score (nSPS) is 9.58. The van der Waals surface area contributed by atoms with Gasteiger partial charge in [0.15, 0.2) is 0 Å². The van der Waals surface area contributed by atoms with E-state index in [4.69, 9.17) is 5.26 Å². The number of nitriles is 1. The van der Waals surface area contributed by atoms with Crippen LogP contribution in [0.4, 0.5) is 0 Å². The molecule has 0 atom stereocenters. The Bertz CT molecular complexity index is 409. The Balaban J connectivity index is 2.55. The maximum atomic E-state index is 8.69. The molecule has 5 heteroatoms. The molecule has 0 unspecified atom stereocenters. The van der Waals surface area contributed by atoms with E-state index in [-0.39, 0.29) is 0 Å². The van der Waals surface area contributed by atoms with E-state index in [0.717, 1.165) is 5.13 Å². The molecule has 0 N–H and O–H groups in total. The maximum absolute atomic E-state index is 8.69. The molecule has 0 aliphatic rings. The first-order valence-corrected chi connectivity index (χ1v) is 4.03. The summed E-state index contributed by atoms with van der Waals surface area (Å²) in [6.45, 7) is 0. The van der Waals surface area contributed by atoms with Gasteiger partial charge in [-0.2, -0.15) is 9.64 Å². The topological polar surface area (TPSA) is 54.5 Å². The molecule has 0 saturated carbocycles. The second-order valence-corrected chi connectivity index (χ2v) is 2.86. The molecule has 0 aromatic carbocycles. The van der Waals surface area contributed by atoms with Gasteiger partial charge in [0.1, 0.15) is 18.1 Å². The molecule has 0 bridgehead atoms. The second kappa shape index (κ2) is 2.75. The van der Waals surface area contributed by atoms with Crippen molar-refractivity contribution in [1.82, 2.24) is 13.9 Å². The molecule has 0 aliphatic heterocycles. The SMILES string of the molecule is N#Cc1cccn1-c1ncns1. The molecule has 0 spiro atoms. The number of aromatic nitrogens is 3. The minimum atomic E-state index is 0.576. The fraction of sp³-hybridized carbons (Fsp3) is 0. The zero-order valence-electron chi connectivity index (χ0n) is 6.01. The highest BCUT2D eigenvalue weighted by Gasteiger charge is 2.03. The van der Waals surface area contributed by atoms with E-state index in [9.17, 15) is 0 Å². The second-order valence-electron chi connectivity index (χ2n) is 2.10. The van der Waals surface area contributed by atoms with Gasteiger partial charge in [0, 0.05) is 17.7 Å². The molecule has 2 aromatic heterocycles. The van der Waals surface area contributed by atoms with E-state index in [1.807, 2.05) is 0 Å². The Labute approximate surface area is 72.9 Å². The van der Waals surface area contributed by atoms with Crippen LogP contribution in [0.5, 0.6) is 0 Å². The van der Waals surface area contributed by atoms with E-state index >= 15 is 0 Å². The van der Waals surface area contributed by atoms with Crippen molar-refractivity contribution in [2.75, 3.05) is 0 Å². The van der Waals surface area contributed by atoms with Crippen molar-refractivity contribution in [3.05, 3.63) is 30.4 Å². The zero-order chi connectivity index (χ0) is 8.39. The Morgan fingerprint density at radius 3 is 3.17 bits per heavy atom. The van der Waals surface area contributed by atoms with Crippen LogP contribution in [0.1, 0.15) is 5.69 Å². The zero-order valence-corrected chi connectivity index (χ0v) is 6.82. The van der Waals surface area contributed by atoms with E-state index in [0.29, 0.717) is 5.69 Å². The number of rotatable bonds is 1. The molecule has 4 nitrogen and oxygen atoms in total. The van der Waals surface area contributed by atoms with E-state index < -0.39 is 0 Å². The largest absolute Gasteiger partial charge is 0.283 e. The average molecular weight is 176 g/mol. The summed E-state index contributed by atoms with van der Waals surface area (Å²) in [5.41, 5.74) is 0.576. The smallest absolute Gasteiger partial charge is 0.214 e.